The Kier molecular flexibility index (Phi) is 8.41. The van der Waals surface area contributed by atoms with Gasteiger partial charge in [-0.3, -0.25) is 0 Å². The molecule has 0 aromatic heterocycles. The lowest BCUT2D eigenvalue weighted by atomic mass is 9.71. The van der Waals surface area contributed by atoms with Crippen molar-refractivity contribution in [1.29, 1.82) is 0 Å². The van der Waals surface area contributed by atoms with Crippen LogP contribution in [0, 0.1) is 34.9 Å². The van der Waals surface area contributed by atoms with E-state index in [1.165, 1.54) is 0 Å². The topological polar surface area (TPSA) is 149 Å². The molecule has 0 heterocycles. The van der Waals surface area contributed by atoms with E-state index in [0.717, 1.165) is 0 Å². The molecule has 0 radical (unpaired) electrons. The summed E-state index contributed by atoms with van der Waals surface area (Å²) < 4.78 is 171. The highest BCUT2D eigenvalue weighted by atomic mass is 19.4. The van der Waals surface area contributed by atoms with Gasteiger partial charge in [0.2, 0.25) is 0 Å². The van der Waals surface area contributed by atoms with Gasteiger partial charge in [0, 0.05) is 16.5 Å². The molecule has 2 rings (SSSR count). The molecule has 4 N–H and O–H groups in total. The molecule has 0 spiro atoms. The van der Waals surface area contributed by atoms with Crippen molar-refractivity contribution in [2.24, 2.45) is 0 Å². The second kappa shape index (κ2) is 10.6. The summed E-state index contributed by atoms with van der Waals surface area (Å²) >= 11 is 0. The molecule has 2 aromatic rings. The van der Waals surface area contributed by atoms with Crippen LogP contribution in [-0.4, -0.2) is 56.7 Å². The quantitative estimate of drug-likeness (QED) is 0.174. The van der Waals surface area contributed by atoms with Gasteiger partial charge in [0.1, 0.15) is 39.5 Å². The first-order valence-electron chi connectivity index (χ1n) is 10.1. The molecule has 2 aromatic carbocycles. The van der Waals surface area contributed by atoms with E-state index in [9.17, 15) is 54.3 Å². The molecule has 0 aliphatic rings. The molecule has 228 valence electrons. The van der Waals surface area contributed by atoms with Crippen LogP contribution in [0.15, 0.2) is 11.6 Å². The molecule has 0 saturated heterocycles. The predicted molar refractivity (Wildman–Crippen MR) is 107 cm³/mol. The average Bonchev–Trinajstić information content (AvgIpc) is 2.79. The summed E-state index contributed by atoms with van der Waals surface area (Å²) in [5.41, 5.74) is -24.0. The number of halogens is 12. The van der Waals surface area contributed by atoms with Crippen LogP contribution in [0.3, 0.4) is 0 Å². The van der Waals surface area contributed by atoms with Crippen molar-refractivity contribution in [3.8, 4) is 0 Å². The van der Waals surface area contributed by atoms with Crippen molar-refractivity contribution >= 4 is 23.9 Å². The third-order valence-electron chi connectivity index (χ3n) is 5.58. The Balaban J connectivity index is 3.55. The number of carbonyl (C=O) groups is 4. The first-order chi connectivity index (χ1) is 18.8. The number of hydrogen-bond acceptors (Lipinski definition) is 4. The summed E-state index contributed by atoms with van der Waals surface area (Å²) in [6, 6.07) is 0. The van der Waals surface area contributed by atoms with Crippen LogP contribution in [0.2, 0.25) is 0 Å². The fourth-order valence-corrected chi connectivity index (χ4v) is 3.92. The SMILES string of the molecule is CC(C=C(C(F)(F)F)C(F)(F)F)(c1c(F)c(F)c(C(=O)O)c(C(=O)O)c1F)c1c(F)c(F)c(C(=O)O)c(C(=O)O)c1F. The lowest BCUT2D eigenvalue weighted by Crippen LogP contribution is -2.36. The molecular weight excluding hydrogens is 620 g/mol. The number of alkyl halides is 6. The highest BCUT2D eigenvalue weighted by Gasteiger charge is 2.54. The highest BCUT2D eigenvalue weighted by molar-refractivity contribution is 6.03. The Morgan fingerprint density at radius 2 is 0.738 bits per heavy atom. The van der Waals surface area contributed by atoms with Crippen molar-refractivity contribution in [1.82, 2.24) is 0 Å². The Hall–Kier alpha value is -4.78. The van der Waals surface area contributed by atoms with Gasteiger partial charge in [-0.2, -0.15) is 26.3 Å². The fourth-order valence-electron chi connectivity index (χ4n) is 3.92. The molecule has 0 unspecified atom stereocenters. The van der Waals surface area contributed by atoms with Crippen LogP contribution >= 0.6 is 0 Å². The molecule has 0 aliphatic heterocycles. The van der Waals surface area contributed by atoms with Crippen LogP contribution in [-0.2, 0) is 5.41 Å². The molecule has 0 atom stereocenters. The lowest BCUT2D eigenvalue weighted by Gasteiger charge is -2.32. The maximum absolute atomic E-state index is 15.4. The van der Waals surface area contributed by atoms with E-state index in [2.05, 4.69) is 0 Å². The highest BCUT2D eigenvalue weighted by Crippen LogP contribution is 2.48. The number of aromatic carboxylic acids is 4. The van der Waals surface area contributed by atoms with Gasteiger partial charge in [-0.1, -0.05) is 6.08 Å². The zero-order valence-electron chi connectivity index (χ0n) is 19.5. The van der Waals surface area contributed by atoms with Gasteiger partial charge in [-0.15, -0.1) is 0 Å². The summed E-state index contributed by atoms with van der Waals surface area (Å²) in [5.74, 6) is -29.8. The second-order valence-electron chi connectivity index (χ2n) is 8.11. The van der Waals surface area contributed by atoms with E-state index in [1.54, 1.807) is 0 Å². The van der Waals surface area contributed by atoms with Gasteiger partial charge >= 0.3 is 36.2 Å². The van der Waals surface area contributed by atoms with E-state index in [4.69, 9.17) is 20.4 Å². The molecule has 20 heteroatoms. The Morgan fingerprint density at radius 1 is 0.500 bits per heavy atom. The second-order valence-corrected chi connectivity index (χ2v) is 8.11. The molecule has 0 bridgehead atoms. The number of rotatable bonds is 7. The minimum absolute atomic E-state index is 0.412. The van der Waals surface area contributed by atoms with E-state index < -0.39 is 129 Å². The smallest absolute Gasteiger partial charge is 0.421 e. The molecule has 0 amide bonds. The average molecular weight is 628 g/mol. The predicted octanol–water partition coefficient (Wildman–Crippen LogP) is 5.67. The van der Waals surface area contributed by atoms with Crippen LogP contribution < -0.4 is 0 Å². The Bertz CT molecular complexity index is 1480. The van der Waals surface area contributed by atoms with Crippen molar-refractivity contribution < 1.29 is 92.3 Å². The third-order valence-corrected chi connectivity index (χ3v) is 5.58. The zero-order valence-corrected chi connectivity index (χ0v) is 19.5. The van der Waals surface area contributed by atoms with E-state index in [-0.39, 0.29) is 0 Å². The van der Waals surface area contributed by atoms with Crippen LogP contribution in [0.5, 0.6) is 0 Å². The number of allylic oxidation sites excluding steroid dienone is 2. The summed E-state index contributed by atoms with van der Waals surface area (Å²) in [5, 5.41) is 36.3. The Morgan fingerprint density at radius 3 is 0.952 bits per heavy atom. The molecule has 42 heavy (non-hydrogen) atoms. The van der Waals surface area contributed by atoms with Crippen molar-refractivity contribution in [3.05, 3.63) is 79.9 Å². The zero-order chi connectivity index (χ0) is 33.0. The molecule has 0 saturated carbocycles. The van der Waals surface area contributed by atoms with Gasteiger partial charge in [0.05, 0.1) is 0 Å². The largest absolute Gasteiger partial charge is 0.478 e. The fraction of sp³-hybridized carbons (Fsp3) is 0.182. The van der Waals surface area contributed by atoms with Gasteiger partial charge in [-0.05, 0) is 6.92 Å². The van der Waals surface area contributed by atoms with Crippen molar-refractivity contribution in [2.75, 3.05) is 0 Å². The third kappa shape index (κ3) is 5.30. The van der Waals surface area contributed by atoms with E-state index in [1.807, 2.05) is 0 Å². The maximum Gasteiger partial charge on any atom is 0.421 e. The summed E-state index contributed by atoms with van der Waals surface area (Å²) in [4.78, 5) is 45.5. The van der Waals surface area contributed by atoms with Gasteiger partial charge < -0.3 is 20.4 Å². The van der Waals surface area contributed by atoms with Gasteiger partial charge in [0.25, 0.3) is 0 Å². The Labute approximate surface area is 221 Å². The number of carboxylic acid groups (broad SMARTS) is 4. The summed E-state index contributed by atoms with van der Waals surface area (Å²) in [7, 11) is 0. The standard InChI is InChI=1S/C22H8F12O8/c1-20(2-3(21(29,30)31)22(32,33)34,8-10(23)4(16(35)36)6(18(39)40)12(25)14(8)27)9-11(24)5(17(37)38)7(19(41)42)13(26)15(9)28/h2H,1H3,(H,35,36)(H,37,38)(H,39,40)(H,41,42). The molecule has 0 aliphatic carbocycles. The van der Waals surface area contributed by atoms with E-state index in [0.29, 0.717) is 0 Å². The maximum atomic E-state index is 15.4. The normalized spacial score (nSPS) is 12.2. The summed E-state index contributed by atoms with van der Waals surface area (Å²) in [6.45, 7) is -0.412. The summed E-state index contributed by atoms with van der Waals surface area (Å²) in [6.07, 6.45) is -14.8. The number of carboxylic acids is 4. The first-order valence-corrected chi connectivity index (χ1v) is 10.1. The lowest BCUT2D eigenvalue weighted by molar-refractivity contribution is -0.172. The molecule has 0 fully saturated rings. The van der Waals surface area contributed by atoms with E-state index >= 15 is 17.6 Å². The minimum Gasteiger partial charge on any atom is -0.478 e. The molecular formula is C22H8F12O8. The van der Waals surface area contributed by atoms with Crippen molar-refractivity contribution in [2.45, 2.75) is 24.7 Å². The van der Waals surface area contributed by atoms with Crippen LogP contribution in [0.25, 0.3) is 0 Å². The van der Waals surface area contributed by atoms with Gasteiger partial charge in [0.15, 0.2) is 23.3 Å². The first kappa shape index (κ1) is 33.4. The number of hydrogen-bond donors (Lipinski definition) is 4. The van der Waals surface area contributed by atoms with Crippen LogP contribution in [0.1, 0.15) is 59.5 Å². The monoisotopic (exact) mass is 628 g/mol. The molecule has 8 nitrogen and oxygen atoms in total. The van der Waals surface area contributed by atoms with Gasteiger partial charge in [-0.25, -0.2) is 45.5 Å². The minimum atomic E-state index is -6.68. The van der Waals surface area contributed by atoms with Crippen LogP contribution in [0.4, 0.5) is 52.7 Å². The number of benzene rings is 2. The van der Waals surface area contributed by atoms with Crippen molar-refractivity contribution in [3.63, 3.8) is 0 Å².